The van der Waals surface area contributed by atoms with Crippen LogP contribution in [0.5, 0.6) is 0 Å². The highest BCUT2D eigenvalue weighted by Gasteiger charge is 2.57. The van der Waals surface area contributed by atoms with E-state index in [-0.39, 0.29) is 25.2 Å². The minimum atomic E-state index is -1.71. The number of esters is 1. The van der Waals surface area contributed by atoms with Crippen molar-refractivity contribution in [3.63, 3.8) is 0 Å². The lowest BCUT2D eigenvalue weighted by molar-refractivity contribution is -0.368. The highest BCUT2D eigenvalue weighted by molar-refractivity contribution is 5.65. The van der Waals surface area contributed by atoms with Gasteiger partial charge in [0, 0.05) is 39.9 Å². The molecule has 2 saturated carbocycles. The van der Waals surface area contributed by atoms with Gasteiger partial charge in [0.15, 0.2) is 24.8 Å². The molecule has 0 spiro atoms. The molecule has 18 heteroatoms. The van der Waals surface area contributed by atoms with E-state index < -0.39 is 135 Å². The summed E-state index contributed by atoms with van der Waals surface area (Å²) in [5.41, 5.74) is 0. The van der Waals surface area contributed by atoms with Crippen molar-refractivity contribution >= 4 is 5.97 Å². The van der Waals surface area contributed by atoms with E-state index in [0.29, 0.717) is 12.8 Å². The van der Waals surface area contributed by atoms with Gasteiger partial charge in [-0.2, -0.15) is 0 Å². The van der Waals surface area contributed by atoms with Crippen molar-refractivity contribution in [2.24, 2.45) is 11.8 Å². The zero-order valence-corrected chi connectivity index (χ0v) is 27.7. The van der Waals surface area contributed by atoms with E-state index in [1.807, 2.05) is 0 Å². The summed E-state index contributed by atoms with van der Waals surface area (Å²) in [5.74, 6) is -1.41. The van der Waals surface area contributed by atoms with Crippen LogP contribution >= 0.6 is 0 Å². The molecule has 0 aromatic carbocycles. The van der Waals surface area contributed by atoms with E-state index in [2.05, 4.69) is 0 Å². The summed E-state index contributed by atoms with van der Waals surface area (Å²) in [4.78, 5) is 11.5. The van der Waals surface area contributed by atoms with Crippen molar-refractivity contribution in [3.05, 3.63) is 0 Å². The first-order valence-electron chi connectivity index (χ1n) is 16.8. The van der Waals surface area contributed by atoms with Crippen LogP contribution in [0.1, 0.15) is 39.0 Å². The molecule has 0 aromatic rings. The second-order valence-electron chi connectivity index (χ2n) is 13.9. The summed E-state index contributed by atoms with van der Waals surface area (Å²) in [7, 11) is 2.96. The van der Waals surface area contributed by atoms with Crippen molar-refractivity contribution in [3.8, 4) is 0 Å². The molecular formula is C31H53O18+. The number of methoxy groups -OCH3 is 2. The molecule has 0 aromatic heterocycles. The Bertz CT molecular complexity index is 1050. The Kier molecular flexibility index (Phi) is 13.3. The minimum absolute atomic E-state index is 0.0914. The number of rotatable bonds is 10. The summed E-state index contributed by atoms with van der Waals surface area (Å²) in [6.07, 6.45) is -19.8. The fourth-order valence-corrected chi connectivity index (χ4v) is 8.02. The average Bonchev–Trinajstić information content (AvgIpc) is 3.08. The Morgan fingerprint density at radius 1 is 0.673 bits per heavy atom. The lowest BCUT2D eigenvalue weighted by atomic mass is 9.72. The predicted molar refractivity (Wildman–Crippen MR) is 160 cm³/mol. The third-order valence-electron chi connectivity index (χ3n) is 10.7. The quantitative estimate of drug-likeness (QED) is 0.0759. The summed E-state index contributed by atoms with van der Waals surface area (Å²) < 4.78 is 45.3. The molecule has 18 unspecified atom stereocenters. The zero-order valence-electron chi connectivity index (χ0n) is 27.7. The predicted octanol–water partition coefficient (Wildman–Crippen LogP) is -4.83. The number of carbonyl (C=O) groups is 1. The number of ether oxygens (including phenoxy) is 8. The first-order valence-corrected chi connectivity index (χ1v) is 16.8. The third kappa shape index (κ3) is 8.40. The van der Waals surface area contributed by atoms with Crippen LogP contribution in [0.4, 0.5) is 0 Å². The maximum absolute atomic E-state index is 11.5. The van der Waals surface area contributed by atoms with Crippen LogP contribution in [-0.4, -0.2) is 194 Å². The van der Waals surface area contributed by atoms with Crippen molar-refractivity contribution in [2.45, 2.75) is 149 Å². The Hall–Kier alpha value is -1.17. The minimum Gasteiger partial charge on any atom is -0.463 e. The molecule has 5 rings (SSSR count). The van der Waals surface area contributed by atoms with Crippen LogP contribution in [0.15, 0.2) is 0 Å². The number of aliphatic hydroxyl groups is 11. The first kappa shape index (κ1) is 39.0. The zero-order chi connectivity index (χ0) is 35.7. The van der Waals surface area contributed by atoms with Gasteiger partial charge in [0.25, 0.3) is 0 Å². The van der Waals surface area contributed by atoms with Gasteiger partial charge in [-0.3, -0.25) is 4.79 Å². The molecule has 18 nitrogen and oxygen atoms in total. The van der Waals surface area contributed by atoms with Gasteiger partial charge in [-0.1, -0.05) is 0 Å². The molecule has 5 aliphatic rings. The molecule has 49 heavy (non-hydrogen) atoms. The topological polar surface area (TPSA) is 277 Å². The van der Waals surface area contributed by atoms with Gasteiger partial charge in [-0.15, -0.1) is 0 Å². The van der Waals surface area contributed by atoms with Crippen molar-refractivity contribution in [1.82, 2.24) is 0 Å². The van der Waals surface area contributed by atoms with Gasteiger partial charge < -0.3 is 83.9 Å². The first-order chi connectivity index (χ1) is 23.3. The van der Waals surface area contributed by atoms with Gasteiger partial charge in [-0.05, 0) is 19.3 Å². The van der Waals surface area contributed by atoms with Crippen molar-refractivity contribution in [2.75, 3.05) is 27.4 Å². The molecular weight excluding hydrogens is 660 g/mol. The molecule has 10 N–H and O–H groups in total. The Balaban J connectivity index is 1.42. The van der Waals surface area contributed by atoms with Crippen LogP contribution in [0.3, 0.4) is 0 Å². The monoisotopic (exact) mass is 713 g/mol. The van der Waals surface area contributed by atoms with Crippen LogP contribution < -0.4 is 0 Å². The van der Waals surface area contributed by atoms with E-state index in [4.69, 9.17) is 37.9 Å². The molecule has 3 aliphatic heterocycles. The standard InChI is InChI=1S/C31H52O18/c1-11(33)44-10-21-24(37)26(39)28(41)31(49-21)47-19-8-14-15(45-29(19)12-4-17(42-2)22(35)18(5-12)43-3)6-13(34)7-16(14)46-30-27(40)25(38)23(36)20(9-32)48-30/h12-32,34-41H,4-10H2,1-3H3/p+1. The summed E-state index contributed by atoms with van der Waals surface area (Å²) >= 11 is 0. The molecule has 0 bridgehead atoms. The maximum atomic E-state index is 11.5. The molecule has 0 radical (unpaired) electrons. The van der Waals surface area contributed by atoms with Gasteiger partial charge in [0.1, 0.15) is 67.6 Å². The summed E-state index contributed by atoms with van der Waals surface area (Å²) in [6.45, 7) is 0.104. The van der Waals surface area contributed by atoms with Crippen LogP contribution in [0, 0.1) is 11.8 Å². The van der Waals surface area contributed by atoms with Gasteiger partial charge in [0.05, 0.1) is 36.9 Å². The molecule has 3 saturated heterocycles. The Labute approximate surface area is 283 Å². The summed E-state index contributed by atoms with van der Waals surface area (Å²) in [6, 6.07) is 0. The molecule has 18 atom stereocenters. The lowest BCUT2D eigenvalue weighted by Gasteiger charge is -2.50. The van der Waals surface area contributed by atoms with Gasteiger partial charge in [-0.25, -0.2) is 0 Å². The molecule has 3 heterocycles. The SMILES string of the molecule is COC1CC(C2[OH+]C3CC(O)CC(OC4OC(CO)C(O)C(O)C4O)C3CC2OC2OC(COC(C)=O)C(O)C(O)C2O)CC(OC)C1O. The second-order valence-corrected chi connectivity index (χ2v) is 13.9. The normalized spacial score (nSPS) is 50.8. The molecule has 284 valence electrons. The van der Waals surface area contributed by atoms with Crippen molar-refractivity contribution in [1.29, 1.82) is 0 Å². The number of carbonyl (C=O) groups excluding carboxylic acids is 1. The fraction of sp³-hybridized carbons (Fsp3) is 0.968. The largest absolute Gasteiger partial charge is 0.463 e. The third-order valence-corrected chi connectivity index (χ3v) is 10.7. The van der Waals surface area contributed by atoms with E-state index in [1.165, 1.54) is 21.1 Å². The van der Waals surface area contributed by atoms with Gasteiger partial charge >= 0.3 is 5.97 Å². The molecule has 5 fully saturated rings. The molecule has 0 amide bonds. The number of hydrogen-bond donors (Lipinski definition) is 9. The summed E-state index contributed by atoms with van der Waals surface area (Å²) in [5, 5.41) is 94.8. The van der Waals surface area contributed by atoms with E-state index in [0.717, 1.165) is 0 Å². The van der Waals surface area contributed by atoms with Crippen LogP contribution in [0.2, 0.25) is 0 Å². The van der Waals surface area contributed by atoms with Crippen LogP contribution in [0.25, 0.3) is 0 Å². The molecule has 2 aliphatic carbocycles. The van der Waals surface area contributed by atoms with E-state index >= 15 is 0 Å². The number of aliphatic hydroxyl groups excluding tert-OH is 9. The van der Waals surface area contributed by atoms with E-state index in [9.17, 15) is 50.8 Å². The number of hydrogen-bond acceptors (Lipinski definition) is 17. The fourth-order valence-electron chi connectivity index (χ4n) is 8.02. The van der Waals surface area contributed by atoms with Crippen LogP contribution in [-0.2, 0) is 38.0 Å². The lowest BCUT2D eigenvalue weighted by Crippen LogP contribution is -2.64. The average molecular weight is 714 g/mol. The second kappa shape index (κ2) is 16.7. The smallest absolute Gasteiger partial charge is 0.302 e. The Morgan fingerprint density at radius 3 is 1.78 bits per heavy atom. The maximum Gasteiger partial charge on any atom is 0.302 e. The highest BCUT2D eigenvalue weighted by atomic mass is 16.7. The van der Waals surface area contributed by atoms with Crippen molar-refractivity contribution < 1.29 is 88.6 Å². The van der Waals surface area contributed by atoms with E-state index in [1.54, 1.807) is 0 Å². The van der Waals surface area contributed by atoms with Gasteiger partial charge in [0.2, 0.25) is 0 Å². The Morgan fingerprint density at radius 2 is 1.22 bits per heavy atom. The number of fused-ring (bicyclic) bond motifs is 1. The highest BCUT2D eigenvalue weighted by Crippen LogP contribution is 2.44.